The fraction of sp³-hybridized carbons (Fsp3) is 0.381. The molecule has 1 saturated heterocycles. The van der Waals surface area contributed by atoms with Crippen molar-refractivity contribution in [3.8, 4) is 11.5 Å². The number of rotatable bonds is 8. The molecule has 1 aliphatic rings. The summed E-state index contributed by atoms with van der Waals surface area (Å²) in [6.07, 6.45) is 3.13. The van der Waals surface area contributed by atoms with Gasteiger partial charge in [0.2, 0.25) is 0 Å². The molecule has 0 aliphatic carbocycles. The van der Waals surface area contributed by atoms with Gasteiger partial charge in [0, 0.05) is 38.1 Å². The van der Waals surface area contributed by atoms with E-state index >= 15 is 0 Å². The highest BCUT2D eigenvalue weighted by molar-refractivity contribution is 14.0. The smallest absolute Gasteiger partial charge is 0.193 e. The van der Waals surface area contributed by atoms with Gasteiger partial charge in [0.05, 0.1) is 6.10 Å². The average molecular weight is 497 g/mol. The number of hydrogen-bond donors (Lipinski definition) is 2. The first-order valence-corrected chi connectivity index (χ1v) is 9.39. The van der Waals surface area contributed by atoms with Gasteiger partial charge in [-0.3, -0.25) is 4.99 Å². The van der Waals surface area contributed by atoms with Crippen molar-refractivity contribution in [3.05, 3.63) is 54.6 Å². The van der Waals surface area contributed by atoms with Crippen LogP contribution in [0.2, 0.25) is 0 Å². The third-order valence-corrected chi connectivity index (χ3v) is 4.19. The molecule has 3 N–H and O–H groups in total. The fourth-order valence-electron chi connectivity index (χ4n) is 2.81. The van der Waals surface area contributed by atoms with Gasteiger partial charge in [0.25, 0.3) is 0 Å². The predicted octanol–water partition coefficient (Wildman–Crippen LogP) is 4.41. The number of para-hydroxylation sites is 1. The van der Waals surface area contributed by atoms with Crippen LogP contribution in [0.3, 0.4) is 0 Å². The van der Waals surface area contributed by atoms with Crippen molar-refractivity contribution in [3.63, 3.8) is 0 Å². The molecule has 6 nitrogen and oxygen atoms in total. The summed E-state index contributed by atoms with van der Waals surface area (Å²) in [4.78, 5) is 4.35. The molecule has 3 rings (SSSR count). The SMILES string of the molecule is I.NC(=NCCCOC1CCOCC1)Nc1cccc(Oc2ccccc2)c1. The Kier molecular flexibility index (Phi) is 10.1. The topological polar surface area (TPSA) is 78.1 Å². The van der Waals surface area contributed by atoms with E-state index in [1.54, 1.807) is 0 Å². The van der Waals surface area contributed by atoms with E-state index in [2.05, 4.69) is 10.3 Å². The molecule has 0 atom stereocenters. The number of benzene rings is 2. The molecule has 0 saturated carbocycles. The Morgan fingerprint density at radius 3 is 2.61 bits per heavy atom. The summed E-state index contributed by atoms with van der Waals surface area (Å²) in [5, 5.41) is 3.10. The maximum atomic E-state index is 5.97. The number of nitrogens with two attached hydrogens (primary N) is 1. The van der Waals surface area contributed by atoms with Crippen molar-refractivity contribution in [1.29, 1.82) is 0 Å². The molecule has 0 amide bonds. The van der Waals surface area contributed by atoms with Gasteiger partial charge >= 0.3 is 0 Å². The van der Waals surface area contributed by atoms with Crippen LogP contribution in [-0.2, 0) is 9.47 Å². The minimum atomic E-state index is 0. The second kappa shape index (κ2) is 12.6. The Balaban J connectivity index is 0.00000280. The number of nitrogens with one attached hydrogen (secondary N) is 1. The van der Waals surface area contributed by atoms with Crippen molar-refractivity contribution in [2.24, 2.45) is 10.7 Å². The summed E-state index contributed by atoms with van der Waals surface area (Å²) in [5.41, 5.74) is 6.81. The molecule has 0 radical (unpaired) electrons. The molecule has 0 unspecified atom stereocenters. The number of nitrogens with zero attached hydrogens (tertiary/aromatic N) is 1. The molecule has 1 heterocycles. The first kappa shape index (κ1) is 22.4. The second-order valence-corrected chi connectivity index (χ2v) is 6.37. The minimum absolute atomic E-state index is 0. The maximum Gasteiger partial charge on any atom is 0.193 e. The Hall–Kier alpha value is -1.84. The van der Waals surface area contributed by atoms with Gasteiger partial charge in [-0.2, -0.15) is 0 Å². The van der Waals surface area contributed by atoms with Crippen molar-refractivity contribution in [2.75, 3.05) is 31.7 Å². The number of ether oxygens (including phenoxy) is 3. The third kappa shape index (κ3) is 8.04. The Morgan fingerprint density at radius 1 is 1.07 bits per heavy atom. The molecule has 7 heteroatoms. The molecule has 2 aromatic rings. The van der Waals surface area contributed by atoms with Crippen LogP contribution in [0, 0.1) is 0 Å². The number of aliphatic imine (C=N–C) groups is 1. The van der Waals surface area contributed by atoms with Crippen LogP contribution in [0.15, 0.2) is 59.6 Å². The van der Waals surface area contributed by atoms with Crippen molar-refractivity contribution in [1.82, 2.24) is 0 Å². The van der Waals surface area contributed by atoms with E-state index in [0.29, 0.717) is 25.2 Å². The molecular formula is C21H28IN3O3. The van der Waals surface area contributed by atoms with Gasteiger partial charge in [0.15, 0.2) is 5.96 Å². The lowest BCUT2D eigenvalue weighted by Crippen LogP contribution is -2.24. The van der Waals surface area contributed by atoms with Gasteiger partial charge in [-0.1, -0.05) is 24.3 Å². The van der Waals surface area contributed by atoms with Crippen LogP contribution >= 0.6 is 24.0 Å². The van der Waals surface area contributed by atoms with E-state index in [1.807, 2.05) is 54.6 Å². The summed E-state index contributed by atoms with van der Waals surface area (Å²) >= 11 is 0. The lowest BCUT2D eigenvalue weighted by Gasteiger charge is -2.22. The molecule has 1 fully saturated rings. The minimum Gasteiger partial charge on any atom is -0.457 e. The summed E-state index contributed by atoms with van der Waals surface area (Å²) in [7, 11) is 0. The first-order valence-electron chi connectivity index (χ1n) is 9.39. The highest BCUT2D eigenvalue weighted by Crippen LogP contribution is 2.23. The molecular weight excluding hydrogens is 469 g/mol. The van der Waals surface area contributed by atoms with Crippen LogP contribution in [-0.4, -0.2) is 38.4 Å². The summed E-state index contributed by atoms with van der Waals surface area (Å²) in [6, 6.07) is 17.3. The molecule has 0 aromatic heterocycles. The van der Waals surface area contributed by atoms with E-state index < -0.39 is 0 Å². The maximum absolute atomic E-state index is 5.97. The molecule has 2 aromatic carbocycles. The number of guanidine groups is 1. The van der Waals surface area contributed by atoms with Gasteiger partial charge in [-0.05, 0) is 43.5 Å². The predicted molar refractivity (Wildman–Crippen MR) is 123 cm³/mol. The Morgan fingerprint density at radius 2 is 1.82 bits per heavy atom. The Labute approximate surface area is 183 Å². The van der Waals surface area contributed by atoms with E-state index in [-0.39, 0.29) is 24.0 Å². The average Bonchev–Trinajstić information content (AvgIpc) is 2.69. The van der Waals surface area contributed by atoms with Crippen molar-refractivity contribution < 1.29 is 14.2 Å². The second-order valence-electron chi connectivity index (χ2n) is 6.37. The number of anilines is 1. The van der Waals surface area contributed by atoms with Crippen LogP contribution in [0.4, 0.5) is 5.69 Å². The molecule has 1 aliphatic heterocycles. The van der Waals surface area contributed by atoms with Crippen LogP contribution in [0.25, 0.3) is 0 Å². The fourth-order valence-corrected chi connectivity index (χ4v) is 2.81. The quantitative estimate of drug-likeness (QED) is 0.245. The summed E-state index contributed by atoms with van der Waals surface area (Å²) in [5.74, 6) is 1.92. The van der Waals surface area contributed by atoms with Crippen molar-refractivity contribution >= 4 is 35.6 Å². The zero-order chi connectivity index (χ0) is 18.7. The lowest BCUT2D eigenvalue weighted by molar-refractivity contribution is -0.0318. The van der Waals surface area contributed by atoms with Crippen LogP contribution < -0.4 is 15.8 Å². The van der Waals surface area contributed by atoms with Gasteiger partial charge in [-0.25, -0.2) is 0 Å². The zero-order valence-corrected chi connectivity index (χ0v) is 18.2. The Bertz CT molecular complexity index is 722. The van der Waals surface area contributed by atoms with Gasteiger partial charge in [-0.15, -0.1) is 24.0 Å². The van der Waals surface area contributed by atoms with Crippen molar-refractivity contribution in [2.45, 2.75) is 25.4 Å². The third-order valence-electron chi connectivity index (χ3n) is 4.19. The molecule has 152 valence electrons. The normalized spacial score (nSPS) is 14.9. The van der Waals surface area contributed by atoms with E-state index in [0.717, 1.165) is 49.7 Å². The number of halogens is 1. The highest BCUT2D eigenvalue weighted by atomic mass is 127. The first-order chi connectivity index (χ1) is 13.3. The highest BCUT2D eigenvalue weighted by Gasteiger charge is 2.13. The van der Waals surface area contributed by atoms with Crippen LogP contribution in [0.5, 0.6) is 11.5 Å². The van der Waals surface area contributed by atoms with Gasteiger partial charge < -0.3 is 25.3 Å². The zero-order valence-electron chi connectivity index (χ0n) is 15.9. The van der Waals surface area contributed by atoms with E-state index in [9.17, 15) is 0 Å². The largest absolute Gasteiger partial charge is 0.457 e. The number of hydrogen-bond acceptors (Lipinski definition) is 4. The summed E-state index contributed by atoms with van der Waals surface area (Å²) < 4.78 is 17.0. The standard InChI is InChI=1S/C21H27N3O3.HI/c22-21(23-12-5-13-26-18-10-14-25-15-11-18)24-17-6-4-9-20(16-17)27-19-7-2-1-3-8-19;/h1-4,6-9,16,18H,5,10-15H2,(H3,22,23,24);1H. The van der Waals surface area contributed by atoms with Crippen LogP contribution in [0.1, 0.15) is 19.3 Å². The van der Waals surface area contributed by atoms with E-state index in [1.165, 1.54) is 0 Å². The monoisotopic (exact) mass is 497 g/mol. The molecule has 0 spiro atoms. The lowest BCUT2D eigenvalue weighted by atomic mass is 10.1. The molecule has 28 heavy (non-hydrogen) atoms. The van der Waals surface area contributed by atoms with E-state index in [4.69, 9.17) is 19.9 Å². The summed E-state index contributed by atoms with van der Waals surface area (Å²) in [6.45, 7) is 2.92. The van der Waals surface area contributed by atoms with Gasteiger partial charge in [0.1, 0.15) is 11.5 Å². The molecule has 0 bridgehead atoms.